The number of nitrogens with zero attached hydrogens (tertiary/aromatic N) is 1. The van der Waals surface area contributed by atoms with E-state index in [2.05, 4.69) is 23.3 Å². The van der Waals surface area contributed by atoms with Crippen LogP contribution in [0.4, 0.5) is 5.82 Å². The lowest BCUT2D eigenvalue weighted by molar-refractivity contribution is -0.0765. The van der Waals surface area contributed by atoms with Crippen molar-refractivity contribution in [1.82, 2.24) is 10.3 Å². The van der Waals surface area contributed by atoms with Crippen LogP contribution in [-0.2, 0) is 4.74 Å². The first-order chi connectivity index (χ1) is 9.73. The average molecular weight is 277 g/mol. The Morgan fingerprint density at radius 2 is 2.05 bits per heavy atom. The third-order valence-corrected chi connectivity index (χ3v) is 4.38. The van der Waals surface area contributed by atoms with Crippen LogP contribution < -0.4 is 11.1 Å². The number of anilines is 1. The Morgan fingerprint density at radius 1 is 1.35 bits per heavy atom. The molecule has 1 saturated carbocycles. The van der Waals surface area contributed by atoms with E-state index in [0.29, 0.717) is 5.82 Å². The minimum atomic E-state index is -0.156. The third kappa shape index (κ3) is 3.13. The second kappa shape index (κ2) is 7.04. The minimum Gasteiger partial charge on any atom is -0.383 e. The maximum atomic E-state index is 6.27. The summed E-state index contributed by atoms with van der Waals surface area (Å²) in [5.74, 6) is 0.607. The molecule has 0 radical (unpaired) electrons. The van der Waals surface area contributed by atoms with Gasteiger partial charge < -0.3 is 15.8 Å². The lowest BCUT2D eigenvalue weighted by Crippen LogP contribution is -2.45. The first-order valence-electron chi connectivity index (χ1n) is 7.75. The third-order valence-electron chi connectivity index (χ3n) is 4.38. The van der Waals surface area contributed by atoms with Crippen molar-refractivity contribution in [3.8, 4) is 0 Å². The summed E-state index contributed by atoms with van der Waals surface area (Å²) in [5, 5.41) is 3.44. The number of aromatic nitrogens is 1. The molecule has 0 spiro atoms. The Labute approximate surface area is 122 Å². The van der Waals surface area contributed by atoms with Gasteiger partial charge in [-0.15, -0.1) is 0 Å². The SMILES string of the molecule is CCOC1(C(NC)c2cccnc2N)CCCCCC1. The zero-order valence-electron chi connectivity index (χ0n) is 12.7. The van der Waals surface area contributed by atoms with Gasteiger partial charge >= 0.3 is 0 Å². The van der Waals surface area contributed by atoms with Crippen molar-refractivity contribution < 1.29 is 4.74 Å². The first-order valence-corrected chi connectivity index (χ1v) is 7.75. The fourth-order valence-electron chi connectivity index (χ4n) is 3.51. The summed E-state index contributed by atoms with van der Waals surface area (Å²) in [5.41, 5.74) is 7.00. The summed E-state index contributed by atoms with van der Waals surface area (Å²) < 4.78 is 6.27. The molecule has 4 nitrogen and oxygen atoms in total. The fourth-order valence-corrected chi connectivity index (χ4v) is 3.51. The Bertz CT molecular complexity index is 414. The number of nitrogen functional groups attached to an aromatic ring is 1. The van der Waals surface area contributed by atoms with E-state index in [1.54, 1.807) is 6.20 Å². The number of rotatable bonds is 5. The van der Waals surface area contributed by atoms with Crippen molar-refractivity contribution in [2.24, 2.45) is 0 Å². The highest BCUT2D eigenvalue weighted by atomic mass is 16.5. The van der Waals surface area contributed by atoms with Crippen LogP contribution in [0.2, 0.25) is 0 Å². The Hall–Kier alpha value is -1.13. The molecule has 0 aliphatic heterocycles. The van der Waals surface area contributed by atoms with Gasteiger partial charge in [-0.05, 0) is 32.9 Å². The van der Waals surface area contributed by atoms with E-state index in [1.165, 1.54) is 25.7 Å². The number of hydrogen-bond donors (Lipinski definition) is 2. The van der Waals surface area contributed by atoms with Crippen LogP contribution in [0.3, 0.4) is 0 Å². The van der Waals surface area contributed by atoms with Crippen LogP contribution in [0.1, 0.15) is 57.1 Å². The Kier molecular flexibility index (Phi) is 5.38. The van der Waals surface area contributed by atoms with Gasteiger partial charge in [0.05, 0.1) is 11.6 Å². The molecule has 4 heteroatoms. The van der Waals surface area contributed by atoms with E-state index >= 15 is 0 Å². The summed E-state index contributed by atoms with van der Waals surface area (Å²) in [4.78, 5) is 4.24. The topological polar surface area (TPSA) is 60.2 Å². The summed E-state index contributed by atoms with van der Waals surface area (Å²) in [6, 6.07) is 4.12. The largest absolute Gasteiger partial charge is 0.383 e. The van der Waals surface area contributed by atoms with Gasteiger partial charge in [-0.2, -0.15) is 0 Å². The molecule has 1 atom stereocenters. The van der Waals surface area contributed by atoms with Crippen molar-refractivity contribution in [1.29, 1.82) is 0 Å². The van der Waals surface area contributed by atoms with Crippen molar-refractivity contribution in [2.45, 2.75) is 57.1 Å². The van der Waals surface area contributed by atoms with Crippen LogP contribution in [-0.4, -0.2) is 24.2 Å². The summed E-state index contributed by atoms with van der Waals surface area (Å²) in [6.45, 7) is 2.81. The molecule has 1 fully saturated rings. The van der Waals surface area contributed by atoms with Crippen molar-refractivity contribution in [3.63, 3.8) is 0 Å². The molecule has 20 heavy (non-hydrogen) atoms. The molecule has 0 saturated heterocycles. The molecule has 3 N–H and O–H groups in total. The molecule has 1 unspecified atom stereocenters. The van der Waals surface area contributed by atoms with Crippen LogP contribution in [0.5, 0.6) is 0 Å². The van der Waals surface area contributed by atoms with Crippen LogP contribution in [0.25, 0.3) is 0 Å². The van der Waals surface area contributed by atoms with Crippen molar-refractivity contribution in [3.05, 3.63) is 23.9 Å². The normalized spacial score (nSPS) is 20.3. The first kappa shape index (κ1) is 15.3. The number of pyridine rings is 1. The fraction of sp³-hybridized carbons (Fsp3) is 0.688. The highest BCUT2D eigenvalue weighted by Gasteiger charge is 2.40. The summed E-state index contributed by atoms with van der Waals surface area (Å²) >= 11 is 0. The van der Waals surface area contributed by atoms with E-state index in [1.807, 2.05) is 13.1 Å². The minimum absolute atomic E-state index is 0.106. The lowest BCUT2D eigenvalue weighted by atomic mass is 9.82. The van der Waals surface area contributed by atoms with Gasteiger partial charge in [0.2, 0.25) is 0 Å². The van der Waals surface area contributed by atoms with Crippen LogP contribution in [0.15, 0.2) is 18.3 Å². The molecular formula is C16H27N3O. The zero-order chi connectivity index (χ0) is 14.4. The van der Waals surface area contributed by atoms with E-state index in [9.17, 15) is 0 Å². The van der Waals surface area contributed by atoms with Gasteiger partial charge in [0.25, 0.3) is 0 Å². The van der Waals surface area contributed by atoms with Gasteiger partial charge in [0.1, 0.15) is 5.82 Å². The molecule has 112 valence electrons. The van der Waals surface area contributed by atoms with Gasteiger partial charge in [0.15, 0.2) is 0 Å². The number of likely N-dealkylation sites (N-methyl/N-ethyl adjacent to an activating group) is 1. The molecule has 1 aromatic heterocycles. The van der Waals surface area contributed by atoms with Crippen LogP contribution in [0, 0.1) is 0 Å². The predicted octanol–water partition coefficient (Wildman–Crippen LogP) is 3.05. The monoisotopic (exact) mass is 277 g/mol. The number of nitrogens with two attached hydrogens (primary N) is 1. The average Bonchev–Trinajstić information content (AvgIpc) is 2.69. The standard InChI is InChI=1S/C16H27N3O/c1-3-20-16(10-6-4-5-7-11-16)14(18-2)13-9-8-12-19-15(13)17/h8-9,12,14,18H,3-7,10-11H2,1-2H3,(H2,17,19). The molecule has 1 aliphatic rings. The van der Waals surface area contributed by atoms with E-state index in [-0.39, 0.29) is 11.6 Å². The number of nitrogens with one attached hydrogen (secondary N) is 1. The van der Waals surface area contributed by atoms with E-state index in [0.717, 1.165) is 25.0 Å². The smallest absolute Gasteiger partial charge is 0.128 e. The van der Waals surface area contributed by atoms with Crippen molar-refractivity contribution in [2.75, 3.05) is 19.4 Å². The molecule has 0 aromatic carbocycles. The molecule has 1 heterocycles. The van der Waals surface area contributed by atoms with Gasteiger partial charge in [-0.25, -0.2) is 4.98 Å². The molecule has 0 bridgehead atoms. The quantitative estimate of drug-likeness (QED) is 0.812. The van der Waals surface area contributed by atoms with Gasteiger partial charge in [0, 0.05) is 18.4 Å². The molecular weight excluding hydrogens is 250 g/mol. The summed E-state index contributed by atoms with van der Waals surface area (Å²) in [7, 11) is 1.99. The Balaban J connectivity index is 2.36. The highest BCUT2D eigenvalue weighted by molar-refractivity contribution is 5.42. The van der Waals surface area contributed by atoms with Crippen LogP contribution >= 0.6 is 0 Å². The predicted molar refractivity (Wildman–Crippen MR) is 82.5 cm³/mol. The van der Waals surface area contributed by atoms with Gasteiger partial charge in [-0.3, -0.25) is 0 Å². The van der Waals surface area contributed by atoms with Gasteiger partial charge in [-0.1, -0.05) is 31.7 Å². The molecule has 1 aromatic rings. The maximum absolute atomic E-state index is 6.27. The second-order valence-corrected chi connectivity index (χ2v) is 5.61. The second-order valence-electron chi connectivity index (χ2n) is 5.61. The lowest BCUT2D eigenvalue weighted by Gasteiger charge is -2.40. The summed E-state index contributed by atoms with van der Waals surface area (Å²) in [6.07, 6.45) is 8.95. The molecule has 1 aliphatic carbocycles. The number of ether oxygens (including phenoxy) is 1. The highest BCUT2D eigenvalue weighted by Crippen LogP contribution is 2.41. The molecule has 2 rings (SSSR count). The maximum Gasteiger partial charge on any atom is 0.128 e. The molecule has 0 amide bonds. The Morgan fingerprint density at radius 3 is 2.60 bits per heavy atom. The van der Waals surface area contributed by atoms with E-state index in [4.69, 9.17) is 10.5 Å². The van der Waals surface area contributed by atoms with E-state index < -0.39 is 0 Å². The zero-order valence-corrected chi connectivity index (χ0v) is 12.7. The van der Waals surface area contributed by atoms with Crippen molar-refractivity contribution >= 4 is 5.82 Å². The number of hydrogen-bond acceptors (Lipinski definition) is 4.